The van der Waals surface area contributed by atoms with E-state index in [1.165, 1.54) is 0 Å². The first-order valence-corrected chi connectivity index (χ1v) is 1.22. The summed E-state index contributed by atoms with van der Waals surface area (Å²) in [6, 6.07) is 0. The van der Waals surface area contributed by atoms with Crippen LogP contribution < -0.4 is 0 Å². The van der Waals surface area contributed by atoms with Gasteiger partial charge in [0.1, 0.15) is 0 Å². The molecule has 0 aromatic rings. The normalized spacial score (nSPS) is 1.60. The van der Waals surface area contributed by atoms with Crippen LogP contribution >= 0.6 is 0 Å². The molecule has 1 radical (unpaired) electrons. The molecule has 0 rings (SSSR count). The minimum Gasteiger partial charge on any atom is -0.274 e. The minimum absolute atomic E-state index is 0. The third-order valence-electron chi connectivity index (χ3n) is 0. The van der Waals surface area contributed by atoms with E-state index in [0.717, 1.165) is 0 Å². The predicted molar refractivity (Wildman–Crippen MR) is 7.13 cm³/mol. The molecule has 0 bridgehead atoms. The first kappa shape index (κ1) is 16.8. The molecule has 0 aliphatic carbocycles. The van der Waals surface area contributed by atoms with Gasteiger partial charge in [-0.3, -0.25) is 8.92 Å². The third kappa shape index (κ3) is 48.7. The molecule has 0 saturated carbocycles. The van der Waals surface area contributed by atoms with E-state index in [1.807, 2.05) is 0 Å². The van der Waals surface area contributed by atoms with Crippen molar-refractivity contribution in [3.05, 3.63) is 0 Å². The molecule has 0 unspecified atom stereocenters. The van der Waals surface area contributed by atoms with Gasteiger partial charge in [-0.1, -0.05) is 0 Å². The second-order valence-electron chi connectivity index (χ2n) is 0.0833. The van der Waals surface area contributed by atoms with E-state index in [4.69, 9.17) is 8.92 Å². The Morgan fingerprint density at radius 3 is 1.20 bits per heavy atom. The van der Waals surface area contributed by atoms with Crippen molar-refractivity contribution in [2.24, 2.45) is 0 Å². The Morgan fingerprint density at radius 1 is 1.20 bits per heavy atom. The molecule has 27 valence electrons. The fourth-order valence-electron chi connectivity index (χ4n) is 0. The molecule has 0 atom stereocenters. The monoisotopic (exact) mass is 163 g/mol. The van der Waals surface area contributed by atoms with Crippen LogP contribution in [0.25, 0.3) is 0 Å². The summed E-state index contributed by atoms with van der Waals surface area (Å²) >= 11 is 0. The average molecular weight is 163 g/mol. The molecular formula is CrO2SiV. The smallest absolute Gasteiger partial charge is 0.274 e. The maximum atomic E-state index is 8.40. The molecule has 0 aliphatic rings. The Morgan fingerprint density at radius 2 is 1.20 bits per heavy atom. The predicted octanol–water partition coefficient (Wildman–Crippen LogP) is -0.623. The maximum Gasteiger partial charge on any atom is 0.549 e. The van der Waals surface area contributed by atoms with Crippen molar-refractivity contribution in [3.63, 3.8) is 0 Å². The molecule has 5 heavy (non-hydrogen) atoms. The SMILES string of the molecule is O=[Si]=O.[Cr].[V]. The van der Waals surface area contributed by atoms with E-state index in [-0.39, 0.29) is 35.9 Å². The van der Waals surface area contributed by atoms with Crippen molar-refractivity contribution < 1.29 is 44.8 Å². The van der Waals surface area contributed by atoms with E-state index in [1.54, 1.807) is 0 Å². The Balaban J connectivity index is -0.0000000200. The summed E-state index contributed by atoms with van der Waals surface area (Å²) in [6.45, 7) is 0. The largest absolute Gasteiger partial charge is 0.549 e. The fourth-order valence-corrected chi connectivity index (χ4v) is 0. The zero-order chi connectivity index (χ0) is 2.71. The van der Waals surface area contributed by atoms with Crippen molar-refractivity contribution in [3.8, 4) is 0 Å². The zero-order valence-electron chi connectivity index (χ0n) is 2.17. The Labute approximate surface area is 54.3 Å². The van der Waals surface area contributed by atoms with E-state index < -0.39 is 9.29 Å². The molecular weight excluding hydrogens is 163 g/mol. The van der Waals surface area contributed by atoms with Gasteiger partial charge in [-0.2, -0.15) is 0 Å². The van der Waals surface area contributed by atoms with E-state index in [2.05, 4.69) is 0 Å². The molecule has 0 spiro atoms. The van der Waals surface area contributed by atoms with Crippen LogP contribution in [-0.2, 0) is 44.8 Å². The fraction of sp³-hybridized carbons (Fsp3) is 0. The summed E-state index contributed by atoms with van der Waals surface area (Å²) in [5.41, 5.74) is 0. The van der Waals surface area contributed by atoms with Gasteiger partial charge in [0.15, 0.2) is 0 Å². The van der Waals surface area contributed by atoms with Crippen molar-refractivity contribution in [1.82, 2.24) is 0 Å². The van der Waals surface area contributed by atoms with Crippen molar-refractivity contribution in [1.29, 1.82) is 0 Å². The van der Waals surface area contributed by atoms with E-state index in [0.29, 0.717) is 0 Å². The van der Waals surface area contributed by atoms with Crippen LogP contribution in [0.5, 0.6) is 0 Å². The molecule has 0 N–H and O–H groups in total. The maximum absolute atomic E-state index is 8.40. The van der Waals surface area contributed by atoms with Gasteiger partial charge >= 0.3 is 9.29 Å². The number of rotatable bonds is 0. The summed E-state index contributed by atoms with van der Waals surface area (Å²) in [6.07, 6.45) is 0. The van der Waals surface area contributed by atoms with Crippen molar-refractivity contribution >= 4 is 9.29 Å². The zero-order valence-corrected chi connectivity index (χ0v) is 5.84. The Kier molecular flexibility index (Phi) is 68.5. The molecule has 2 nitrogen and oxygen atoms in total. The van der Waals surface area contributed by atoms with Crippen LogP contribution in [0.2, 0.25) is 0 Å². The van der Waals surface area contributed by atoms with Crippen molar-refractivity contribution in [2.45, 2.75) is 0 Å². The van der Waals surface area contributed by atoms with E-state index >= 15 is 0 Å². The Hall–Kier alpha value is 0.934. The van der Waals surface area contributed by atoms with Gasteiger partial charge in [-0.15, -0.1) is 0 Å². The van der Waals surface area contributed by atoms with Gasteiger partial charge in [0.2, 0.25) is 0 Å². The van der Waals surface area contributed by atoms with Crippen molar-refractivity contribution in [2.75, 3.05) is 0 Å². The quantitative estimate of drug-likeness (QED) is 0.446. The molecule has 0 aliphatic heterocycles. The molecule has 0 fully saturated rings. The number of hydrogen-bond acceptors (Lipinski definition) is 2. The van der Waals surface area contributed by atoms with Crippen LogP contribution in [0, 0.1) is 0 Å². The standard InChI is InChI=1S/Cr.O2Si.V/c;1-3-2;. The Bertz CT molecular complexity index is 30.6. The van der Waals surface area contributed by atoms with Crippen LogP contribution in [0.3, 0.4) is 0 Å². The molecule has 0 saturated heterocycles. The van der Waals surface area contributed by atoms with Crippen LogP contribution in [0.4, 0.5) is 0 Å². The van der Waals surface area contributed by atoms with E-state index in [9.17, 15) is 0 Å². The summed E-state index contributed by atoms with van der Waals surface area (Å²) < 4.78 is 16.8. The topological polar surface area (TPSA) is 34.1 Å². The molecule has 0 aromatic heterocycles. The summed E-state index contributed by atoms with van der Waals surface area (Å²) in [5.74, 6) is 0. The van der Waals surface area contributed by atoms with Crippen LogP contribution in [-0.4, -0.2) is 9.29 Å². The van der Waals surface area contributed by atoms with Gasteiger partial charge in [-0.05, 0) is 0 Å². The first-order chi connectivity index (χ1) is 1.41. The van der Waals surface area contributed by atoms with Gasteiger partial charge in [0, 0.05) is 35.9 Å². The molecule has 0 amide bonds. The third-order valence-corrected chi connectivity index (χ3v) is 0. The average Bonchev–Trinajstić information content (AvgIpc) is 0.918. The van der Waals surface area contributed by atoms with Gasteiger partial charge in [0.25, 0.3) is 0 Å². The summed E-state index contributed by atoms with van der Waals surface area (Å²) in [5, 5.41) is 0. The van der Waals surface area contributed by atoms with Gasteiger partial charge in [0.05, 0.1) is 0 Å². The van der Waals surface area contributed by atoms with Gasteiger partial charge in [-0.25, -0.2) is 0 Å². The molecule has 0 aromatic carbocycles. The van der Waals surface area contributed by atoms with Gasteiger partial charge < -0.3 is 0 Å². The number of hydrogen-bond donors (Lipinski definition) is 0. The van der Waals surface area contributed by atoms with Crippen LogP contribution in [0.1, 0.15) is 0 Å². The van der Waals surface area contributed by atoms with Crippen LogP contribution in [0.15, 0.2) is 0 Å². The second-order valence-corrected chi connectivity index (χ2v) is 0.250. The molecule has 0 heterocycles. The summed E-state index contributed by atoms with van der Waals surface area (Å²) in [4.78, 5) is 0. The second kappa shape index (κ2) is 20.4. The minimum atomic E-state index is -1.42. The molecule has 5 heteroatoms. The summed E-state index contributed by atoms with van der Waals surface area (Å²) in [7, 11) is -1.42. The first-order valence-electron chi connectivity index (χ1n) is 0.408.